The van der Waals surface area contributed by atoms with Crippen LogP contribution >= 0.6 is 11.6 Å². The molecule has 1 N–H and O–H groups in total. The number of rotatable bonds is 5. The van der Waals surface area contributed by atoms with Crippen LogP contribution in [0, 0.1) is 0 Å². The van der Waals surface area contributed by atoms with E-state index in [-0.39, 0.29) is 29.7 Å². The molecule has 0 atom stereocenters. The zero-order valence-electron chi connectivity index (χ0n) is 11.5. The maximum absolute atomic E-state index is 12.5. The Kier molecular flexibility index (Phi) is 5.32. The molecule has 23 heavy (non-hydrogen) atoms. The Labute approximate surface area is 133 Å². The molecule has 0 spiro atoms. The van der Waals surface area contributed by atoms with Gasteiger partial charge in [0.1, 0.15) is 17.3 Å². The van der Waals surface area contributed by atoms with Gasteiger partial charge in [0, 0.05) is 18.6 Å². The van der Waals surface area contributed by atoms with Crippen molar-refractivity contribution in [3.05, 3.63) is 47.1 Å². The molecule has 0 aliphatic heterocycles. The predicted molar refractivity (Wildman–Crippen MR) is 74.1 cm³/mol. The van der Waals surface area contributed by atoms with Crippen LogP contribution in [0.1, 0.15) is 16.1 Å². The lowest BCUT2D eigenvalue weighted by Crippen LogP contribution is -2.29. The molecule has 2 heterocycles. The monoisotopic (exact) mass is 346 g/mol. The average molecular weight is 347 g/mol. The number of pyridine rings is 1. The molecule has 0 aliphatic carbocycles. The van der Waals surface area contributed by atoms with Crippen LogP contribution in [-0.2, 0) is 6.18 Å². The Bertz CT molecular complexity index is 683. The van der Waals surface area contributed by atoms with E-state index >= 15 is 0 Å². The number of ether oxygens (including phenoxy) is 1. The first-order chi connectivity index (χ1) is 10.9. The smallest absolute Gasteiger partial charge is 0.417 e. The minimum atomic E-state index is -4.53. The quantitative estimate of drug-likeness (QED) is 0.841. The van der Waals surface area contributed by atoms with E-state index in [1.54, 1.807) is 0 Å². The lowest BCUT2D eigenvalue weighted by Gasteiger charge is -2.10. The summed E-state index contributed by atoms with van der Waals surface area (Å²) in [7, 11) is 0. The number of carbonyl (C=O) groups excluding carboxylic acids is 1. The zero-order chi connectivity index (χ0) is 16.9. The van der Waals surface area contributed by atoms with Gasteiger partial charge < -0.3 is 10.1 Å². The van der Waals surface area contributed by atoms with E-state index in [0.717, 1.165) is 6.07 Å². The molecule has 2 rings (SSSR count). The lowest BCUT2D eigenvalue weighted by molar-refractivity contribution is -0.137. The van der Waals surface area contributed by atoms with Crippen LogP contribution in [0.4, 0.5) is 13.2 Å². The van der Waals surface area contributed by atoms with Crippen molar-refractivity contribution in [1.29, 1.82) is 0 Å². The molecule has 6 nitrogen and oxygen atoms in total. The Morgan fingerprint density at radius 1 is 1.26 bits per heavy atom. The third-order valence-corrected chi connectivity index (χ3v) is 2.83. The Morgan fingerprint density at radius 2 is 2.04 bits per heavy atom. The highest BCUT2D eigenvalue weighted by atomic mass is 35.5. The van der Waals surface area contributed by atoms with E-state index in [0.29, 0.717) is 6.20 Å². The van der Waals surface area contributed by atoms with Crippen molar-refractivity contribution < 1.29 is 22.7 Å². The van der Waals surface area contributed by atoms with E-state index in [2.05, 4.69) is 20.3 Å². The summed E-state index contributed by atoms with van der Waals surface area (Å²) in [5, 5.41) is 2.24. The molecule has 0 unspecified atom stereocenters. The van der Waals surface area contributed by atoms with E-state index in [1.165, 1.54) is 18.6 Å². The van der Waals surface area contributed by atoms with Gasteiger partial charge in [0.2, 0.25) is 5.88 Å². The van der Waals surface area contributed by atoms with Gasteiger partial charge >= 0.3 is 6.18 Å². The minimum absolute atomic E-state index is 0.0237. The van der Waals surface area contributed by atoms with Crippen LogP contribution in [0.5, 0.6) is 5.88 Å². The molecule has 0 saturated heterocycles. The van der Waals surface area contributed by atoms with Crippen molar-refractivity contribution in [1.82, 2.24) is 20.3 Å². The standard InChI is InChI=1S/C13H10ClF3N4O2/c14-9-5-8(13(15,16)17)6-21-12(9)23-4-3-20-11(22)10-7-18-1-2-19-10/h1-2,5-7H,3-4H2,(H,20,22). The number of nitrogens with zero attached hydrogens (tertiary/aromatic N) is 3. The third-order valence-electron chi connectivity index (χ3n) is 2.56. The number of halogens is 4. The van der Waals surface area contributed by atoms with Crippen LogP contribution < -0.4 is 10.1 Å². The Morgan fingerprint density at radius 3 is 2.65 bits per heavy atom. The van der Waals surface area contributed by atoms with Crippen molar-refractivity contribution in [3.8, 4) is 5.88 Å². The maximum Gasteiger partial charge on any atom is 0.417 e. The van der Waals surface area contributed by atoms with Gasteiger partial charge in [0.15, 0.2) is 0 Å². The number of hydrogen-bond acceptors (Lipinski definition) is 5. The first-order valence-corrected chi connectivity index (χ1v) is 6.65. The van der Waals surface area contributed by atoms with Crippen molar-refractivity contribution in [2.75, 3.05) is 13.2 Å². The first kappa shape index (κ1) is 16.9. The van der Waals surface area contributed by atoms with Crippen LogP contribution in [0.2, 0.25) is 5.02 Å². The summed E-state index contributed by atoms with van der Waals surface area (Å²) in [6.07, 6.45) is 0.194. The molecule has 10 heteroatoms. The van der Waals surface area contributed by atoms with Crippen LogP contribution in [0.15, 0.2) is 30.9 Å². The Hall–Kier alpha value is -2.42. The van der Waals surface area contributed by atoms with Gasteiger partial charge in [-0.1, -0.05) is 11.6 Å². The molecule has 0 saturated carbocycles. The largest absolute Gasteiger partial charge is 0.475 e. The molecular weight excluding hydrogens is 337 g/mol. The van der Waals surface area contributed by atoms with Gasteiger partial charge in [-0.15, -0.1) is 0 Å². The van der Waals surface area contributed by atoms with Crippen molar-refractivity contribution in [2.45, 2.75) is 6.18 Å². The molecule has 0 radical (unpaired) electrons. The van der Waals surface area contributed by atoms with Crippen LogP contribution in [0.25, 0.3) is 0 Å². The highest BCUT2D eigenvalue weighted by Gasteiger charge is 2.31. The van der Waals surface area contributed by atoms with Crippen molar-refractivity contribution in [2.24, 2.45) is 0 Å². The Balaban J connectivity index is 1.84. The summed E-state index contributed by atoms with van der Waals surface area (Å²) < 4.78 is 42.5. The molecule has 122 valence electrons. The molecular formula is C13H10ClF3N4O2. The predicted octanol–water partition coefficient (Wildman–Crippen LogP) is 2.35. The van der Waals surface area contributed by atoms with Crippen LogP contribution in [0.3, 0.4) is 0 Å². The number of hydrogen-bond donors (Lipinski definition) is 1. The van der Waals surface area contributed by atoms with Gasteiger partial charge in [0.05, 0.1) is 18.3 Å². The molecule has 2 aromatic rings. The van der Waals surface area contributed by atoms with Crippen molar-refractivity contribution >= 4 is 17.5 Å². The first-order valence-electron chi connectivity index (χ1n) is 6.27. The number of amides is 1. The fourth-order valence-corrected chi connectivity index (χ4v) is 1.73. The summed E-state index contributed by atoms with van der Waals surface area (Å²) in [5.41, 5.74) is -0.830. The average Bonchev–Trinajstić information content (AvgIpc) is 2.52. The number of nitrogens with one attached hydrogen (secondary N) is 1. The topological polar surface area (TPSA) is 77.0 Å². The molecule has 0 bridgehead atoms. The van der Waals surface area contributed by atoms with Gasteiger partial charge in [-0.3, -0.25) is 9.78 Å². The number of alkyl halides is 3. The van der Waals surface area contributed by atoms with E-state index in [1.807, 2.05) is 0 Å². The third kappa shape index (κ3) is 4.78. The summed E-state index contributed by atoms with van der Waals surface area (Å²) >= 11 is 5.68. The fraction of sp³-hybridized carbons (Fsp3) is 0.231. The highest BCUT2D eigenvalue weighted by Crippen LogP contribution is 2.32. The summed E-state index contributed by atoms with van der Waals surface area (Å²) in [6.45, 7) is 0.0680. The van der Waals surface area contributed by atoms with Crippen molar-refractivity contribution in [3.63, 3.8) is 0 Å². The van der Waals surface area contributed by atoms with Gasteiger partial charge in [0.25, 0.3) is 5.91 Å². The second-order valence-corrected chi connectivity index (χ2v) is 4.61. The molecule has 0 fully saturated rings. The second-order valence-electron chi connectivity index (χ2n) is 4.20. The lowest BCUT2D eigenvalue weighted by atomic mass is 10.3. The van der Waals surface area contributed by atoms with Gasteiger partial charge in [-0.25, -0.2) is 9.97 Å². The molecule has 0 aromatic carbocycles. The number of aromatic nitrogens is 3. The zero-order valence-corrected chi connectivity index (χ0v) is 12.2. The minimum Gasteiger partial charge on any atom is -0.475 e. The fourth-order valence-electron chi connectivity index (χ4n) is 1.51. The SMILES string of the molecule is O=C(NCCOc1ncc(C(F)(F)F)cc1Cl)c1cnccn1. The van der Waals surface area contributed by atoms with Crippen LogP contribution in [-0.4, -0.2) is 34.0 Å². The number of carbonyl (C=O) groups is 1. The summed E-state index contributed by atoms with van der Waals surface area (Å²) in [4.78, 5) is 22.7. The molecule has 0 aliphatic rings. The summed E-state index contributed by atoms with van der Waals surface area (Å²) in [5.74, 6) is -0.596. The molecule has 1 amide bonds. The second kappa shape index (κ2) is 7.23. The van der Waals surface area contributed by atoms with E-state index in [4.69, 9.17) is 16.3 Å². The molecule has 2 aromatic heterocycles. The maximum atomic E-state index is 12.5. The summed E-state index contributed by atoms with van der Waals surface area (Å²) in [6, 6.07) is 0.724. The highest BCUT2D eigenvalue weighted by molar-refractivity contribution is 6.31. The van der Waals surface area contributed by atoms with Gasteiger partial charge in [-0.05, 0) is 6.07 Å². The van der Waals surface area contributed by atoms with E-state index in [9.17, 15) is 18.0 Å². The normalized spacial score (nSPS) is 11.1. The van der Waals surface area contributed by atoms with Gasteiger partial charge in [-0.2, -0.15) is 13.2 Å². The van der Waals surface area contributed by atoms with E-state index < -0.39 is 17.6 Å².